The van der Waals surface area contributed by atoms with E-state index in [0.717, 1.165) is 12.0 Å². The number of pyridine rings is 1. The standard InChI is InChI=1S/C15H17ClN2O/c1-2-13(17)15(11-6-5-9-18-10-11)19-14-8-4-3-7-12(14)16/h3-10,13,15H,2,17H2,1H3. The van der Waals surface area contributed by atoms with Gasteiger partial charge in [-0.25, -0.2) is 0 Å². The molecule has 0 saturated heterocycles. The van der Waals surface area contributed by atoms with Crippen LogP contribution >= 0.6 is 11.6 Å². The van der Waals surface area contributed by atoms with Crippen molar-refractivity contribution >= 4 is 11.6 Å². The molecule has 0 amide bonds. The summed E-state index contributed by atoms with van der Waals surface area (Å²) in [5, 5.41) is 0.583. The van der Waals surface area contributed by atoms with Crippen LogP contribution in [0.2, 0.25) is 5.02 Å². The second kappa shape index (κ2) is 6.55. The van der Waals surface area contributed by atoms with E-state index in [-0.39, 0.29) is 12.1 Å². The summed E-state index contributed by atoms with van der Waals surface area (Å²) < 4.78 is 5.99. The summed E-state index contributed by atoms with van der Waals surface area (Å²) in [6, 6.07) is 11.1. The molecule has 3 nitrogen and oxygen atoms in total. The van der Waals surface area contributed by atoms with Crippen molar-refractivity contribution in [1.29, 1.82) is 0 Å². The summed E-state index contributed by atoms with van der Waals surface area (Å²) in [6.45, 7) is 2.03. The molecule has 0 fully saturated rings. The van der Waals surface area contributed by atoms with Crippen molar-refractivity contribution in [1.82, 2.24) is 4.98 Å². The molecule has 19 heavy (non-hydrogen) atoms. The molecule has 0 aliphatic rings. The molecule has 0 aliphatic carbocycles. The molecule has 0 bridgehead atoms. The number of ether oxygens (including phenoxy) is 1. The number of halogens is 1. The van der Waals surface area contributed by atoms with Crippen molar-refractivity contribution in [2.75, 3.05) is 0 Å². The van der Waals surface area contributed by atoms with Gasteiger partial charge in [0, 0.05) is 24.0 Å². The summed E-state index contributed by atoms with van der Waals surface area (Å²) in [4.78, 5) is 4.12. The highest BCUT2D eigenvalue weighted by molar-refractivity contribution is 6.32. The number of rotatable bonds is 5. The van der Waals surface area contributed by atoms with Crippen LogP contribution in [0.4, 0.5) is 0 Å². The Balaban J connectivity index is 2.27. The monoisotopic (exact) mass is 276 g/mol. The number of hydrogen-bond acceptors (Lipinski definition) is 3. The van der Waals surface area contributed by atoms with Gasteiger partial charge in [0.05, 0.1) is 5.02 Å². The van der Waals surface area contributed by atoms with Gasteiger partial charge in [0.25, 0.3) is 0 Å². The fourth-order valence-corrected chi connectivity index (χ4v) is 2.02. The number of benzene rings is 1. The van der Waals surface area contributed by atoms with Gasteiger partial charge in [0.1, 0.15) is 11.9 Å². The predicted molar refractivity (Wildman–Crippen MR) is 77.3 cm³/mol. The number of hydrogen-bond donors (Lipinski definition) is 1. The Hall–Kier alpha value is -1.58. The normalized spacial score (nSPS) is 13.8. The van der Waals surface area contributed by atoms with Gasteiger partial charge in [-0.3, -0.25) is 4.98 Å². The van der Waals surface area contributed by atoms with Crippen LogP contribution in [-0.2, 0) is 0 Å². The molecule has 1 aromatic heterocycles. The van der Waals surface area contributed by atoms with Crippen LogP contribution in [-0.4, -0.2) is 11.0 Å². The number of para-hydroxylation sites is 1. The van der Waals surface area contributed by atoms with Gasteiger partial charge in [-0.1, -0.05) is 36.7 Å². The minimum Gasteiger partial charge on any atom is -0.482 e. The smallest absolute Gasteiger partial charge is 0.140 e. The Labute approximate surface area is 118 Å². The van der Waals surface area contributed by atoms with Crippen molar-refractivity contribution in [3.8, 4) is 5.75 Å². The van der Waals surface area contributed by atoms with Crippen LogP contribution < -0.4 is 10.5 Å². The van der Waals surface area contributed by atoms with Crippen molar-refractivity contribution in [3.05, 3.63) is 59.4 Å². The zero-order chi connectivity index (χ0) is 13.7. The Kier molecular flexibility index (Phi) is 4.77. The van der Waals surface area contributed by atoms with Gasteiger partial charge < -0.3 is 10.5 Å². The zero-order valence-electron chi connectivity index (χ0n) is 10.8. The molecular formula is C15H17ClN2O. The maximum absolute atomic E-state index is 6.15. The Bertz CT molecular complexity index is 519. The third-order valence-corrected chi connectivity index (χ3v) is 3.28. The van der Waals surface area contributed by atoms with E-state index in [1.807, 2.05) is 37.3 Å². The topological polar surface area (TPSA) is 48.1 Å². The lowest BCUT2D eigenvalue weighted by molar-refractivity contribution is 0.171. The molecule has 2 atom stereocenters. The predicted octanol–water partition coefficient (Wildman–Crippen LogP) is 3.59. The summed E-state index contributed by atoms with van der Waals surface area (Å²) in [5.74, 6) is 0.641. The first-order valence-corrected chi connectivity index (χ1v) is 6.67. The molecule has 1 aromatic carbocycles. The van der Waals surface area contributed by atoms with Crippen molar-refractivity contribution in [2.24, 2.45) is 5.73 Å². The molecule has 100 valence electrons. The van der Waals surface area contributed by atoms with Crippen molar-refractivity contribution in [2.45, 2.75) is 25.5 Å². The molecule has 4 heteroatoms. The van der Waals surface area contributed by atoms with Gasteiger partial charge in [0.2, 0.25) is 0 Å². The molecule has 2 aromatic rings. The molecule has 2 rings (SSSR count). The fraction of sp³-hybridized carbons (Fsp3) is 0.267. The van der Waals surface area contributed by atoms with Crippen LogP contribution in [0.1, 0.15) is 25.0 Å². The average Bonchev–Trinajstić information content (AvgIpc) is 2.46. The van der Waals surface area contributed by atoms with Gasteiger partial charge in [0.15, 0.2) is 0 Å². The quantitative estimate of drug-likeness (QED) is 0.908. The first-order chi connectivity index (χ1) is 9.22. The molecule has 1 heterocycles. The summed E-state index contributed by atoms with van der Waals surface area (Å²) >= 11 is 6.12. The maximum atomic E-state index is 6.15. The number of nitrogens with two attached hydrogens (primary N) is 1. The van der Waals surface area contributed by atoms with E-state index in [1.54, 1.807) is 18.5 Å². The molecule has 0 spiro atoms. The van der Waals surface area contributed by atoms with E-state index in [4.69, 9.17) is 22.1 Å². The third kappa shape index (κ3) is 3.46. The highest BCUT2D eigenvalue weighted by Crippen LogP contribution is 2.30. The molecule has 0 radical (unpaired) electrons. The molecule has 2 unspecified atom stereocenters. The highest BCUT2D eigenvalue weighted by atomic mass is 35.5. The number of nitrogens with zero attached hydrogens (tertiary/aromatic N) is 1. The van der Waals surface area contributed by atoms with Crippen LogP contribution in [0.25, 0.3) is 0 Å². The average molecular weight is 277 g/mol. The first-order valence-electron chi connectivity index (χ1n) is 6.29. The molecule has 0 aliphatic heterocycles. The fourth-order valence-electron chi connectivity index (χ4n) is 1.84. The SMILES string of the molecule is CCC(N)C(Oc1ccccc1Cl)c1cccnc1. The van der Waals surface area contributed by atoms with Gasteiger partial charge in [-0.05, 0) is 24.6 Å². The minimum atomic E-state index is -0.251. The molecule has 0 saturated carbocycles. The lowest BCUT2D eigenvalue weighted by atomic mass is 10.0. The van der Waals surface area contributed by atoms with Crippen LogP contribution in [0.15, 0.2) is 48.8 Å². The Morgan fingerprint density at radius 3 is 2.68 bits per heavy atom. The summed E-state index contributed by atoms with van der Waals surface area (Å²) in [6.07, 6.45) is 4.06. The summed E-state index contributed by atoms with van der Waals surface area (Å²) in [7, 11) is 0. The van der Waals surface area contributed by atoms with Crippen molar-refractivity contribution in [3.63, 3.8) is 0 Å². The van der Waals surface area contributed by atoms with Gasteiger partial charge >= 0.3 is 0 Å². The zero-order valence-corrected chi connectivity index (χ0v) is 11.5. The minimum absolute atomic E-state index is 0.111. The molecular weight excluding hydrogens is 260 g/mol. The van der Waals surface area contributed by atoms with E-state index in [2.05, 4.69) is 4.98 Å². The van der Waals surface area contributed by atoms with E-state index in [9.17, 15) is 0 Å². The third-order valence-electron chi connectivity index (χ3n) is 2.96. The summed E-state index contributed by atoms with van der Waals surface area (Å²) in [5.41, 5.74) is 7.11. The van der Waals surface area contributed by atoms with E-state index >= 15 is 0 Å². The van der Waals surface area contributed by atoms with Gasteiger partial charge in [-0.2, -0.15) is 0 Å². The van der Waals surface area contributed by atoms with Crippen LogP contribution in [0.3, 0.4) is 0 Å². The molecule has 2 N–H and O–H groups in total. The van der Waals surface area contributed by atoms with E-state index in [1.165, 1.54) is 0 Å². The maximum Gasteiger partial charge on any atom is 0.140 e. The Morgan fingerprint density at radius 2 is 2.05 bits per heavy atom. The second-order valence-corrected chi connectivity index (χ2v) is 4.73. The largest absolute Gasteiger partial charge is 0.482 e. The van der Waals surface area contributed by atoms with E-state index in [0.29, 0.717) is 10.8 Å². The first kappa shape index (κ1) is 13.8. The number of aromatic nitrogens is 1. The Morgan fingerprint density at radius 1 is 1.26 bits per heavy atom. The van der Waals surface area contributed by atoms with Crippen molar-refractivity contribution < 1.29 is 4.74 Å². The highest BCUT2D eigenvalue weighted by Gasteiger charge is 2.21. The van der Waals surface area contributed by atoms with Crippen LogP contribution in [0.5, 0.6) is 5.75 Å². The lowest BCUT2D eigenvalue weighted by Gasteiger charge is -2.24. The second-order valence-electron chi connectivity index (χ2n) is 4.33. The van der Waals surface area contributed by atoms with E-state index < -0.39 is 0 Å². The lowest BCUT2D eigenvalue weighted by Crippen LogP contribution is -2.31. The van der Waals surface area contributed by atoms with Gasteiger partial charge in [-0.15, -0.1) is 0 Å². The van der Waals surface area contributed by atoms with Crippen LogP contribution in [0, 0.1) is 0 Å².